The van der Waals surface area contributed by atoms with Crippen molar-refractivity contribution in [3.8, 4) is 0 Å². The van der Waals surface area contributed by atoms with Crippen molar-refractivity contribution in [3.05, 3.63) is 0 Å². The lowest BCUT2D eigenvalue weighted by Gasteiger charge is -2.14. The van der Waals surface area contributed by atoms with Gasteiger partial charge < -0.3 is 0 Å². The molecule has 0 spiro atoms. The van der Waals surface area contributed by atoms with Gasteiger partial charge in [-0.05, 0) is 11.8 Å². The van der Waals surface area contributed by atoms with Gasteiger partial charge in [-0.15, -0.1) is 0 Å². The van der Waals surface area contributed by atoms with E-state index in [4.69, 9.17) is 0 Å². The summed E-state index contributed by atoms with van der Waals surface area (Å²) in [5, 5.41) is 0. The second kappa shape index (κ2) is 6.65. The Hall–Kier alpha value is 0.532. The van der Waals surface area contributed by atoms with Gasteiger partial charge in [0.1, 0.15) is 0 Å². The van der Waals surface area contributed by atoms with Gasteiger partial charge in [0.2, 0.25) is 0 Å². The molecule has 0 aromatic rings. The molecular weight excluding hydrogens is 123 g/mol. The fourth-order valence-corrected chi connectivity index (χ4v) is 0.805. The second-order valence-electron chi connectivity index (χ2n) is 2.77. The van der Waals surface area contributed by atoms with E-state index >= 15 is 0 Å². The molecule has 0 aromatic heterocycles. The summed E-state index contributed by atoms with van der Waals surface area (Å²) in [4.78, 5) is 0. The maximum atomic E-state index is 2.33. The third-order valence-corrected chi connectivity index (χ3v) is 2.26. The summed E-state index contributed by atoms with van der Waals surface area (Å²) >= 11 is 0. The van der Waals surface area contributed by atoms with Gasteiger partial charge >= 0.3 is 0 Å². The summed E-state index contributed by atoms with van der Waals surface area (Å²) in [5.74, 6) is 1.83. The summed E-state index contributed by atoms with van der Waals surface area (Å²) in [6.45, 7) is 9.18. The quantitative estimate of drug-likeness (QED) is 0.531. The van der Waals surface area contributed by atoms with Gasteiger partial charge in [0.25, 0.3) is 0 Å². The SMILES string of the molecule is CCC(C)C(C)CC.[AlH3]. The first-order chi connectivity index (χ1) is 3.72. The molecular formula is C8H21Al. The Morgan fingerprint density at radius 1 is 0.889 bits per heavy atom. The number of hydrogen-bond donors (Lipinski definition) is 0. The molecule has 0 aromatic carbocycles. The molecule has 2 atom stereocenters. The van der Waals surface area contributed by atoms with Crippen molar-refractivity contribution >= 4 is 17.4 Å². The molecule has 0 aliphatic carbocycles. The van der Waals surface area contributed by atoms with Crippen LogP contribution >= 0.6 is 0 Å². The highest BCUT2D eigenvalue weighted by Crippen LogP contribution is 2.16. The maximum absolute atomic E-state index is 2.33. The summed E-state index contributed by atoms with van der Waals surface area (Å²) in [7, 11) is 0. The summed E-state index contributed by atoms with van der Waals surface area (Å²) in [5.41, 5.74) is 0. The predicted octanol–water partition coefficient (Wildman–Crippen LogP) is 1.89. The van der Waals surface area contributed by atoms with Crippen molar-refractivity contribution in [2.45, 2.75) is 40.5 Å². The van der Waals surface area contributed by atoms with Gasteiger partial charge in [-0.2, -0.15) is 0 Å². The van der Waals surface area contributed by atoms with Crippen LogP contribution in [0, 0.1) is 11.8 Å². The average Bonchev–Trinajstić information content (AvgIpc) is 1.84. The van der Waals surface area contributed by atoms with Crippen molar-refractivity contribution < 1.29 is 0 Å². The van der Waals surface area contributed by atoms with Crippen LogP contribution in [-0.4, -0.2) is 17.4 Å². The molecule has 0 radical (unpaired) electrons. The molecule has 0 rings (SSSR count). The zero-order chi connectivity index (χ0) is 6.57. The minimum Gasteiger partial charge on any atom is -0.0651 e. The van der Waals surface area contributed by atoms with Crippen molar-refractivity contribution in [1.82, 2.24) is 0 Å². The number of rotatable bonds is 3. The molecule has 0 fully saturated rings. The molecule has 2 unspecified atom stereocenters. The minimum absolute atomic E-state index is 0. The maximum Gasteiger partial charge on any atom is 0.187 e. The summed E-state index contributed by atoms with van der Waals surface area (Å²) < 4.78 is 0. The Balaban J connectivity index is 0. The molecule has 0 heterocycles. The lowest BCUT2D eigenvalue weighted by molar-refractivity contribution is 0.367. The normalized spacial score (nSPS) is 16.0. The molecule has 56 valence electrons. The third kappa shape index (κ3) is 5.00. The topological polar surface area (TPSA) is 0 Å². The van der Waals surface area contributed by atoms with E-state index in [1.54, 1.807) is 0 Å². The van der Waals surface area contributed by atoms with Gasteiger partial charge in [0, 0.05) is 0 Å². The van der Waals surface area contributed by atoms with Crippen molar-refractivity contribution in [2.24, 2.45) is 11.8 Å². The molecule has 0 nitrogen and oxygen atoms in total. The van der Waals surface area contributed by atoms with E-state index in [1.807, 2.05) is 0 Å². The van der Waals surface area contributed by atoms with Gasteiger partial charge in [-0.3, -0.25) is 0 Å². The molecule has 0 amide bonds. The van der Waals surface area contributed by atoms with E-state index in [9.17, 15) is 0 Å². The predicted molar refractivity (Wildman–Crippen MR) is 48.8 cm³/mol. The first kappa shape index (κ1) is 12.2. The fourth-order valence-electron chi connectivity index (χ4n) is 0.805. The van der Waals surface area contributed by atoms with Crippen molar-refractivity contribution in [1.29, 1.82) is 0 Å². The van der Waals surface area contributed by atoms with Crippen LogP contribution in [0.1, 0.15) is 40.5 Å². The average molecular weight is 144 g/mol. The smallest absolute Gasteiger partial charge is 0.0651 e. The minimum atomic E-state index is 0. The van der Waals surface area contributed by atoms with E-state index in [2.05, 4.69) is 27.7 Å². The Morgan fingerprint density at radius 2 is 1.11 bits per heavy atom. The van der Waals surface area contributed by atoms with Crippen LogP contribution in [0.3, 0.4) is 0 Å². The van der Waals surface area contributed by atoms with E-state index in [-0.39, 0.29) is 17.4 Å². The Bertz CT molecular complexity index is 44.5. The fraction of sp³-hybridized carbons (Fsp3) is 1.00. The van der Waals surface area contributed by atoms with Crippen LogP contribution in [0.5, 0.6) is 0 Å². The van der Waals surface area contributed by atoms with Crippen LogP contribution in [0.25, 0.3) is 0 Å². The Labute approximate surface area is 70.2 Å². The van der Waals surface area contributed by atoms with Gasteiger partial charge in [-0.1, -0.05) is 40.5 Å². The number of hydrogen-bond acceptors (Lipinski definition) is 0. The van der Waals surface area contributed by atoms with Crippen molar-refractivity contribution in [2.75, 3.05) is 0 Å². The molecule has 9 heavy (non-hydrogen) atoms. The van der Waals surface area contributed by atoms with E-state index in [1.165, 1.54) is 12.8 Å². The Morgan fingerprint density at radius 3 is 1.22 bits per heavy atom. The lowest BCUT2D eigenvalue weighted by Crippen LogP contribution is -2.04. The molecule has 0 N–H and O–H groups in total. The monoisotopic (exact) mass is 144 g/mol. The van der Waals surface area contributed by atoms with Gasteiger partial charge in [0.15, 0.2) is 17.4 Å². The molecule has 1 heteroatoms. The van der Waals surface area contributed by atoms with E-state index < -0.39 is 0 Å². The molecule has 0 aliphatic heterocycles. The van der Waals surface area contributed by atoms with Crippen molar-refractivity contribution in [3.63, 3.8) is 0 Å². The Kier molecular flexibility index (Phi) is 9.04. The van der Waals surface area contributed by atoms with Crippen LogP contribution < -0.4 is 0 Å². The molecule has 0 saturated carbocycles. The van der Waals surface area contributed by atoms with Crippen LogP contribution in [-0.2, 0) is 0 Å². The summed E-state index contributed by atoms with van der Waals surface area (Å²) in [6, 6.07) is 0. The highest BCUT2D eigenvalue weighted by Gasteiger charge is 2.05. The first-order valence-electron chi connectivity index (χ1n) is 3.72. The zero-order valence-corrected chi connectivity index (χ0v) is 6.57. The molecule has 0 aliphatic rings. The first-order valence-corrected chi connectivity index (χ1v) is 3.72. The zero-order valence-electron chi connectivity index (χ0n) is 6.57. The van der Waals surface area contributed by atoms with E-state index in [0.29, 0.717) is 0 Å². The van der Waals surface area contributed by atoms with Crippen LogP contribution in [0.2, 0.25) is 0 Å². The molecule has 0 bridgehead atoms. The highest BCUT2D eigenvalue weighted by atomic mass is 27.0. The standard InChI is InChI=1S/C8H18.Al.3H/c1-5-7(3)8(4)6-2;;;;/h7-8H,5-6H2,1-4H3;;;;. The second-order valence-corrected chi connectivity index (χ2v) is 2.77. The third-order valence-electron chi connectivity index (χ3n) is 2.26. The van der Waals surface area contributed by atoms with E-state index in [0.717, 1.165) is 11.8 Å². The van der Waals surface area contributed by atoms with Gasteiger partial charge in [0.05, 0.1) is 0 Å². The molecule has 0 saturated heterocycles. The lowest BCUT2D eigenvalue weighted by atomic mass is 9.92. The summed E-state index contributed by atoms with van der Waals surface area (Å²) in [6.07, 6.45) is 2.66. The largest absolute Gasteiger partial charge is 0.187 e. The highest BCUT2D eigenvalue weighted by molar-refractivity contribution is 5.75. The van der Waals surface area contributed by atoms with Crippen LogP contribution in [0.4, 0.5) is 0 Å². The van der Waals surface area contributed by atoms with Gasteiger partial charge in [-0.25, -0.2) is 0 Å². The van der Waals surface area contributed by atoms with Crippen LogP contribution in [0.15, 0.2) is 0 Å².